The van der Waals surface area contributed by atoms with Gasteiger partial charge in [-0.1, -0.05) is 17.7 Å². The molecule has 124 valence electrons. The number of hydrogen-bond acceptors (Lipinski definition) is 5. The van der Waals surface area contributed by atoms with Crippen LogP contribution in [0.4, 0.5) is 0 Å². The Balaban J connectivity index is 2.05. The van der Waals surface area contributed by atoms with Crippen molar-refractivity contribution in [2.24, 2.45) is 5.73 Å². The van der Waals surface area contributed by atoms with Gasteiger partial charge in [-0.25, -0.2) is 0 Å². The molecule has 0 radical (unpaired) electrons. The van der Waals surface area contributed by atoms with Crippen LogP contribution < -0.4 is 20.6 Å². The summed E-state index contributed by atoms with van der Waals surface area (Å²) in [5.41, 5.74) is 9.20. The van der Waals surface area contributed by atoms with Crippen molar-refractivity contribution < 1.29 is 9.47 Å². The molecule has 0 atom stereocenters. The third-order valence-electron chi connectivity index (χ3n) is 3.30. The van der Waals surface area contributed by atoms with E-state index in [1.807, 2.05) is 29.3 Å². The van der Waals surface area contributed by atoms with Crippen molar-refractivity contribution in [3.63, 3.8) is 0 Å². The van der Waals surface area contributed by atoms with Crippen LogP contribution in [0.3, 0.4) is 0 Å². The van der Waals surface area contributed by atoms with Crippen LogP contribution in [0.15, 0.2) is 42.0 Å². The van der Waals surface area contributed by atoms with Crippen LogP contribution in [0, 0.1) is 0 Å². The van der Waals surface area contributed by atoms with E-state index in [-0.39, 0.29) is 5.11 Å². The molecule has 1 aliphatic rings. The summed E-state index contributed by atoms with van der Waals surface area (Å²) in [5, 5.41) is 2.32. The molecule has 0 unspecified atom stereocenters. The second-order valence-corrected chi connectivity index (χ2v) is 5.54. The molecule has 23 heavy (non-hydrogen) atoms. The van der Waals surface area contributed by atoms with Crippen molar-refractivity contribution in [3.8, 4) is 11.5 Å². The van der Waals surface area contributed by atoms with Gasteiger partial charge in [-0.05, 0) is 30.8 Å². The molecule has 8 heteroatoms. The molecule has 0 saturated carbocycles. The Morgan fingerprint density at radius 1 is 1.26 bits per heavy atom. The number of thiocarbonyl (C=S) groups is 1. The maximum absolute atomic E-state index is 6.28. The van der Waals surface area contributed by atoms with Gasteiger partial charge >= 0.3 is 0 Å². The number of ether oxygens (including phenoxy) is 2. The van der Waals surface area contributed by atoms with E-state index in [2.05, 4.69) is 5.43 Å². The topological polar surface area (TPSA) is 63.0 Å². The molecule has 0 aliphatic carbocycles. The Morgan fingerprint density at radius 2 is 1.91 bits per heavy atom. The van der Waals surface area contributed by atoms with E-state index in [0.717, 1.165) is 17.1 Å². The van der Waals surface area contributed by atoms with E-state index in [1.165, 1.54) is 0 Å². The zero-order valence-electron chi connectivity index (χ0n) is 13.0. The van der Waals surface area contributed by atoms with Gasteiger partial charge < -0.3 is 20.1 Å². The summed E-state index contributed by atoms with van der Waals surface area (Å²) in [7, 11) is 3.29. The standard InChI is InChI=1S/C15H19ClN4O2S/c1-21-12-4-3-5-13(22-2)11(12)6-7-19-8-9-20(10-14(19)16)18-15(17)23/h3-5,8-10H,6-7H2,1-2H3,(H3,17,18,23). The van der Waals surface area contributed by atoms with Crippen LogP contribution in [0.1, 0.15) is 5.56 Å². The minimum Gasteiger partial charge on any atom is -0.496 e. The lowest BCUT2D eigenvalue weighted by Gasteiger charge is -2.28. The molecular weight excluding hydrogens is 336 g/mol. The number of nitrogens with two attached hydrogens (primary N) is 1. The number of rotatable bonds is 6. The molecule has 1 aromatic carbocycles. The first kappa shape index (κ1) is 17.2. The highest BCUT2D eigenvalue weighted by Crippen LogP contribution is 2.29. The number of nitrogens with zero attached hydrogens (tertiary/aromatic N) is 2. The summed E-state index contributed by atoms with van der Waals surface area (Å²) < 4.78 is 10.8. The normalized spacial score (nSPS) is 13.6. The summed E-state index contributed by atoms with van der Waals surface area (Å²) in [6.07, 6.45) is 6.03. The van der Waals surface area contributed by atoms with E-state index in [1.54, 1.807) is 31.6 Å². The molecule has 0 saturated heterocycles. The van der Waals surface area contributed by atoms with Crippen molar-refractivity contribution in [1.82, 2.24) is 15.3 Å². The monoisotopic (exact) mass is 354 g/mol. The Morgan fingerprint density at radius 3 is 2.43 bits per heavy atom. The third-order valence-corrected chi connectivity index (χ3v) is 3.71. The van der Waals surface area contributed by atoms with Crippen LogP contribution >= 0.6 is 23.8 Å². The van der Waals surface area contributed by atoms with Gasteiger partial charge in [-0.3, -0.25) is 10.4 Å². The summed E-state index contributed by atoms with van der Waals surface area (Å²) >= 11 is 11.1. The van der Waals surface area contributed by atoms with Crippen LogP contribution in [0.5, 0.6) is 11.5 Å². The largest absolute Gasteiger partial charge is 0.496 e. The molecule has 3 N–H and O–H groups in total. The van der Waals surface area contributed by atoms with E-state index >= 15 is 0 Å². The fourth-order valence-corrected chi connectivity index (χ4v) is 2.59. The fraction of sp³-hybridized carbons (Fsp3) is 0.267. The highest BCUT2D eigenvalue weighted by Gasteiger charge is 2.15. The average Bonchev–Trinajstić information content (AvgIpc) is 2.53. The Hall–Kier alpha value is -2.12. The molecule has 6 nitrogen and oxygen atoms in total. The highest BCUT2D eigenvalue weighted by molar-refractivity contribution is 7.80. The third kappa shape index (κ3) is 4.43. The first-order chi connectivity index (χ1) is 11.0. The van der Waals surface area contributed by atoms with Crippen molar-refractivity contribution in [2.45, 2.75) is 6.42 Å². The van der Waals surface area contributed by atoms with E-state index in [0.29, 0.717) is 18.1 Å². The number of methoxy groups -OCH3 is 2. The lowest BCUT2D eigenvalue weighted by Crippen LogP contribution is -2.40. The molecule has 0 spiro atoms. The minimum atomic E-state index is 0.169. The molecule has 0 bridgehead atoms. The Labute approximate surface area is 146 Å². The molecule has 1 aromatic rings. The van der Waals surface area contributed by atoms with Gasteiger partial charge in [0.2, 0.25) is 0 Å². The molecular formula is C15H19ClN4O2S. The van der Waals surface area contributed by atoms with Gasteiger partial charge in [0.1, 0.15) is 16.7 Å². The maximum Gasteiger partial charge on any atom is 0.183 e. The summed E-state index contributed by atoms with van der Waals surface area (Å²) in [5.74, 6) is 1.59. The Bertz CT molecular complexity index is 614. The molecule has 2 rings (SSSR count). The van der Waals surface area contributed by atoms with Gasteiger partial charge in [0, 0.05) is 24.5 Å². The summed E-state index contributed by atoms with van der Waals surface area (Å²) in [6.45, 7) is 0.670. The van der Waals surface area contributed by atoms with Gasteiger partial charge in [0.05, 0.1) is 20.4 Å². The number of hydrogen-bond donors (Lipinski definition) is 2. The van der Waals surface area contributed by atoms with Gasteiger partial charge in [-0.2, -0.15) is 0 Å². The lowest BCUT2D eigenvalue weighted by molar-refractivity contribution is 0.369. The van der Waals surface area contributed by atoms with Crippen LogP contribution in [0.25, 0.3) is 0 Å². The average molecular weight is 355 g/mol. The van der Waals surface area contributed by atoms with Crippen molar-refractivity contribution in [1.29, 1.82) is 0 Å². The van der Waals surface area contributed by atoms with Crippen LogP contribution in [-0.2, 0) is 6.42 Å². The van der Waals surface area contributed by atoms with E-state index in [9.17, 15) is 0 Å². The molecule has 0 aromatic heterocycles. The number of halogens is 1. The zero-order valence-corrected chi connectivity index (χ0v) is 14.5. The first-order valence-electron chi connectivity index (χ1n) is 6.91. The van der Waals surface area contributed by atoms with Crippen molar-refractivity contribution in [3.05, 3.63) is 47.5 Å². The fourth-order valence-electron chi connectivity index (χ4n) is 2.24. The predicted octanol–water partition coefficient (Wildman–Crippen LogP) is 2.12. The summed E-state index contributed by atoms with van der Waals surface area (Å²) in [6, 6.07) is 5.72. The molecule has 0 fully saturated rings. The van der Waals surface area contributed by atoms with Crippen LogP contribution in [-0.4, -0.2) is 35.8 Å². The first-order valence-corrected chi connectivity index (χ1v) is 7.70. The number of benzene rings is 1. The zero-order chi connectivity index (χ0) is 16.8. The SMILES string of the molecule is COc1cccc(OC)c1CCN1C=CN(NC(N)=S)C=C1Cl. The quantitative estimate of drug-likeness (QED) is 0.599. The number of nitrogens with one attached hydrogen (secondary N) is 1. The second kappa shape index (κ2) is 7.94. The number of hydrazine groups is 1. The molecule has 0 amide bonds. The molecule has 1 aliphatic heterocycles. The van der Waals surface area contributed by atoms with Gasteiger partial charge in [0.15, 0.2) is 5.11 Å². The van der Waals surface area contributed by atoms with Gasteiger partial charge in [0.25, 0.3) is 0 Å². The van der Waals surface area contributed by atoms with Crippen molar-refractivity contribution >= 4 is 28.9 Å². The minimum absolute atomic E-state index is 0.169. The second-order valence-electron chi connectivity index (χ2n) is 4.72. The lowest BCUT2D eigenvalue weighted by atomic mass is 10.1. The van der Waals surface area contributed by atoms with E-state index < -0.39 is 0 Å². The molecule has 1 heterocycles. The van der Waals surface area contributed by atoms with Gasteiger partial charge in [-0.15, -0.1) is 0 Å². The van der Waals surface area contributed by atoms with E-state index in [4.69, 9.17) is 39.0 Å². The highest BCUT2D eigenvalue weighted by atomic mass is 35.5. The Kier molecular flexibility index (Phi) is 5.95. The van der Waals surface area contributed by atoms with Crippen molar-refractivity contribution in [2.75, 3.05) is 20.8 Å². The smallest absolute Gasteiger partial charge is 0.183 e. The summed E-state index contributed by atoms with van der Waals surface area (Å²) in [4.78, 5) is 1.91. The van der Waals surface area contributed by atoms with Crippen LogP contribution in [0.2, 0.25) is 0 Å². The maximum atomic E-state index is 6.28. The predicted molar refractivity (Wildman–Crippen MR) is 94.8 cm³/mol.